The van der Waals surface area contributed by atoms with Crippen molar-refractivity contribution >= 4 is 11.8 Å². The number of carbonyl (C=O) groups excluding carboxylic acids is 2. The van der Waals surface area contributed by atoms with Gasteiger partial charge in [0.2, 0.25) is 0 Å². The summed E-state index contributed by atoms with van der Waals surface area (Å²) < 4.78 is 11.3. The van der Waals surface area contributed by atoms with Gasteiger partial charge in [-0.1, -0.05) is 44.2 Å². The molecular formula is C22H28N2O4. The molecule has 0 fully saturated rings. The van der Waals surface area contributed by atoms with E-state index in [4.69, 9.17) is 9.47 Å². The number of nitrogens with one attached hydrogen (secondary N) is 2. The summed E-state index contributed by atoms with van der Waals surface area (Å²) in [5.74, 6) is 0.779. The zero-order chi connectivity index (χ0) is 20.5. The minimum absolute atomic E-state index is 0.196. The van der Waals surface area contributed by atoms with Gasteiger partial charge in [0, 0.05) is 0 Å². The molecule has 28 heavy (non-hydrogen) atoms. The summed E-state index contributed by atoms with van der Waals surface area (Å²) in [7, 11) is 0. The maximum atomic E-state index is 12.4. The fraction of sp³-hybridized carbons (Fsp3) is 0.364. The van der Waals surface area contributed by atoms with Crippen LogP contribution in [-0.4, -0.2) is 25.0 Å². The fourth-order valence-corrected chi connectivity index (χ4v) is 2.58. The monoisotopic (exact) mass is 384 g/mol. The van der Waals surface area contributed by atoms with Gasteiger partial charge in [-0.05, 0) is 49.4 Å². The first-order valence-electron chi connectivity index (χ1n) is 9.38. The van der Waals surface area contributed by atoms with Crippen molar-refractivity contribution in [2.75, 3.05) is 13.2 Å². The van der Waals surface area contributed by atoms with E-state index in [1.807, 2.05) is 32.0 Å². The molecule has 0 radical (unpaired) electrons. The van der Waals surface area contributed by atoms with Gasteiger partial charge in [-0.3, -0.25) is 20.4 Å². The first kappa shape index (κ1) is 21.3. The smallest absolute Gasteiger partial charge is 0.276 e. The minimum atomic E-state index is -0.450. The maximum absolute atomic E-state index is 12.4. The predicted octanol–water partition coefficient (Wildman–Crippen LogP) is 3.57. The average molecular weight is 384 g/mol. The summed E-state index contributed by atoms with van der Waals surface area (Å²) in [6.07, 6.45) is 0.891. The topological polar surface area (TPSA) is 76.7 Å². The Morgan fingerprint density at radius 2 is 1.61 bits per heavy atom. The molecule has 0 bridgehead atoms. The number of rotatable bonds is 8. The molecule has 0 aromatic heterocycles. The molecule has 0 saturated carbocycles. The van der Waals surface area contributed by atoms with E-state index < -0.39 is 11.8 Å². The molecule has 0 aliphatic heterocycles. The van der Waals surface area contributed by atoms with Crippen LogP contribution < -0.4 is 20.3 Å². The van der Waals surface area contributed by atoms with Crippen LogP contribution in [0.15, 0.2) is 42.5 Å². The van der Waals surface area contributed by atoms with Gasteiger partial charge in [0.15, 0.2) is 6.61 Å². The van der Waals surface area contributed by atoms with Crippen LogP contribution in [0.5, 0.6) is 11.5 Å². The van der Waals surface area contributed by atoms with E-state index in [-0.39, 0.29) is 6.61 Å². The first-order chi connectivity index (χ1) is 13.4. The van der Waals surface area contributed by atoms with Crippen molar-refractivity contribution in [3.63, 3.8) is 0 Å². The van der Waals surface area contributed by atoms with Gasteiger partial charge >= 0.3 is 0 Å². The lowest BCUT2D eigenvalue weighted by Gasteiger charge is -2.14. The molecule has 0 unspecified atom stereocenters. The van der Waals surface area contributed by atoms with Crippen LogP contribution in [0.3, 0.4) is 0 Å². The van der Waals surface area contributed by atoms with Gasteiger partial charge in [0.1, 0.15) is 11.5 Å². The quantitative estimate of drug-likeness (QED) is 0.682. The third-order valence-electron chi connectivity index (χ3n) is 4.16. The zero-order valence-corrected chi connectivity index (χ0v) is 16.9. The van der Waals surface area contributed by atoms with Crippen molar-refractivity contribution in [3.05, 3.63) is 59.2 Å². The van der Waals surface area contributed by atoms with Crippen LogP contribution in [0.1, 0.15) is 41.8 Å². The Morgan fingerprint density at radius 1 is 0.929 bits per heavy atom. The summed E-state index contributed by atoms with van der Waals surface area (Å²) >= 11 is 0. The highest BCUT2D eigenvalue weighted by Crippen LogP contribution is 2.22. The van der Waals surface area contributed by atoms with Crippen molar-refractivity contribution in [2.24, 2.45) is 5.92 Å². The predicted molar refractivity (Wildman–Crippen MR) is 108 cm³/mol. The van der Waals surface area contributed by atoms with Gasteiger partial charge in [-0.15, -0.1) is 0 Å². The van der Waals surface area contributed by atoms with Crippen LogP contribution in [0.4, 0.5) is 0 Å². The van der Waals surface area contributed by atoms with Crippen molar-refractivity contribution in [1.29, 1.82) is 0 Å². The van der Waals surface area contributed by atoms with Crippen LogP contribution in [0.2, 0.25) is 0 Å². The lowest BCUT2D eigenvalue weighted by Crippen LogP contribution is -2.44. The molecule has 2 amide bonds. The van der Waals surface area contributed by atoms with Gasteiger partial charge in [-0.2, -0.15) is 0 Å². The average Bonchev–Trinajstić information content (AvgIpc) is 2.66. The third kappa shape index (κ3) is 6.30. The fourth-order valence-electron chi connectivity index (χ4n) is 2.58. The first-order valence-corrected chi connectivity index (χ1v) is 9.38. The van der Waals surface area contributed by atoms with E-state index in [1.54, 1.807) is 24.3 Å². The molecule has 2 aromatic rings. The third-order valence-corrected chi connectivity index (χ3v) is 4.16. The Kier molecular flexibility index (Phi) is 7.87. The van der Waals surface area contributed by atoms with E-state index in [2.05, 4.69) is 24.7 Å². The minimum Gasteiger partial charge on any atom is -0.493 e. The van der Waals surface area contributed by atoms with Crippen molar-refractivity contribution in [3.8, 4) is 11.5 Å². The molecule has 0 aliphatic rings. The highest BCUT2D eigenvalue weighted by molar-refractivity contribution is 5.97. The second-order valence-corrected chi connectivity index (χ2v) is 7.04. The van der Waals surface area contributed by atoms with Crippen molar-refractivity contribution < 1.29 is 19.1 Å². The molecule has 6 heteroatoms. The number of amides is 2. The number of aryl methyl sites for hydroxylation is 2. The standard InChI is InChI=1S/C22H28N2O4/c1-15(2)12-13-27-19-11-6-5-10-18(19)22(26)24-23-20(25)14-28-21-16(3)8-7-9-17(21)4/h5-11,15H,12-14H2,1-4H3,(H,23,25)(H,24,26). The number of para-hydroxylation sites is 2. The number of carbonyl (C=O) groups is 2. The summed E-state index contributed by atoms with van der Waals surface area (Å²) in [6.45, 7) is 8.38. The molecule has 2 aromatic carbocycles. The Morgan fingerprint density at radius 3 is 2.29 bits per heavy atom. The van der Waals surface area contributed by atoms with Crippen molar-refractivity contribution in [1.82, 2.24) is 10.9 Å². The maximum Gasteiger partial charge on any atom is 0.276 e. The highest BCUT2D eigenvalue weighted by atomic mass is 16.5. The van der Waals surface area contributed by atoms with Crippen LogP contribution >= 0.6 is 0 Å². The number of benzene rings is 2. The Bertz CT molecular complexity index is 798. The Balaban J connectivity index is 1.87. The lowest BCUT2D eigenvalue weighted by atomic mass is 10.1. The Labute approximate surface area is 166 Å². The summed E-state index contributed by atoms with van der Waals surface area (Å²) in [4.78, 5) is 24.4. The molecule has 2 N–H and O–H groups in total. The normalized spacial score (nSPS) is 10.5. The molecule has 2 rings (SSSR count). The number of hydrogen-bond acceptors (Lipinski definition) is 4. The highest BCUT2D eigenvalue weighted by Gasteiger charge is 2.14. The second-order valence-electron chi connectivity index (χ2n) is 7.04. The zero-order valence-electron chi connectivity index (χ0n) is 16.9. The number of hydrazine groups is 1. The van der Waals surface area contributed by atoms with E-state index in [0.29, 0.717) is 29.6 Å². The van der Waals surface area contributed by atoms with Crippen LogP contribution in [0.25, 0.3) is 0 Å². The molecule has 150 valence electrons. The van der Waals surface area contributed by atoms with Crippen LogP contribution in [0, 0.1) is 19.8 Å². The van der Waals surface area contributed by atoms with Crippen molar-refractivity contribution in [2.45, 2.75) is 34.1 Å². The van der Waals surface area contributed by atoms with E-state index in [0.717, 1.165) is 17.5 Å². The molecule has 0 saturated heterocycles. The molecular weight excluding hydrogens is 356 g/mol. The van der Waals surface area contributed by atoms with E-state index >= 15 is 0 Å². The van der Waals surface area contributed by atoms with E-state index in [1.165, 1.54) is 0 Å². The number of hydrogen-bond donors (Lipinski definition) is 2. The summed E-state index contributed by atoms with van der Waals surface area (Å²) in [5.41, 5.74) is 7.04. The SMILES string of the molecule is Cc1cccc(C)c1OCC(=O)NNC(=O)c1ccccc1OCCC(C)C. The summed E-state index contributed by atoms with van der Waals surface area (Å²) in [6, 6.07) is 12.7. The Hall–Kier alpha value is -3.02. The largest absolute Gasteiger partial charge is 0.493 e. The second kappa shape index (κ2) is 10.3. The van der Waals surface area contributed by atoms with Crippen LogP contribution in [-0.2, 0) is 4.79 Å². The lowest BCUT2D eigenvalue weighted by molar-refractivity contribution is -0.123. The number of ether oxygens (including phenoxy) is 2. The molecule has 6 nitrogen and oxygen atoms in total. The molecule has 0 atom stereocenters. The molecule has 0 aliphatic carbocycles. The van der Waals surface area contributed by atoms with Gasteiger partial charge in [0.05, 0.1) is 12.2 Å². The van der Waals surface area contributed by atoms with E-state index in [9.17, 15) is 9.59 Å². The summed E-state index contributed by atoms with van der Waals surface area (Å²) in [5, 5.41) is 0. The van der Waals surface area contributed by atoms with Gasteiger partial charge < -0.3 is 9.47 Å². The molecule has 0 heterocycles. The van der Waals surface area contributed by atoms with Gasteiger partial charge in [-0.25, -0.2) is 0 Å². The molecule has 0 spiro atoms. The van der Waals surface area contributed by atoms with Gasteiger partial charge in [0.25, 0.3) is 11.8 Å².